The second-order valence-electron chi connectivity index (χ2n) is 3.03. The van der Waals surface area contributed by atoms with Gasteiger partial charge in [-0.3, -0.25) is 4.79 Å². The molecule has 0 heterocycles. The predicted octanol–water partition coefficient (Wildman–Crippen LogP) is -2.00. The number of aliphatic hydroxyl groups is 1. The number of hydrogen-bond acceptors (Lipinski definition) is 6. The Kier molecular flexibility index (Phi) is 8.41. The van der Waals surface area contributed by atoms with Crippen LogP contribution in [-0.4, -0.2) is 56.0 Å². The van der Waals surface area contributed by atoms with E-state index in [1.165, 1.54) is 6.92 Å². The van der Waals surface area contributed by atoms with E-state index in [2.05, 4.69) is 10.1 Å². The van der Waals surface area contributed by atoms with Crippen LogP contribution in [0, 0.1) is 0 Å². The van der Waals surface area contributed by atoms with Gasteiger partial charge in [0.1, 0.15) is 6.10 Å². The molecule has 94 valence electrons. The second-order valence-corrected chi connectivity index (χ2v) is 3.03. The number of rotatable bonds is 8. The van der Waals surface area contributed by atoms with E-state index in [-0.39, 0.29) is 0 Å². The van der Waals surface area contributed by atoms with Crippen molar-refractivity contribution in [1.82, 2.24) is 5.32 Å². The van der Waals surface area contributed by atoms with E-state index in [1.54, 1.807) is 0 Å². The maximum atomic E-state index is 11.1. The number of aliphatic hydroxyl groups excluding tert-OH is 1. The van der Waals surface area contributed by atoms with Gasteiger partial charge in [-0.05, 0) is 6.92 Å². The lowest BCUT2D eigenvalue weighted by Crippen LogP contribution is -2.33. The molecule has 7 heteroatoms. The van der Waals surface area contributed by atoms with Crippen LogP contribution < -0.4 is 11.1 Å². The van der Waals surface area contributed by atoms with E-state index < -0.39 is 24.6 Å². The minimum Gasteiger partial charge on any atom is -0.454 e. The van der Waals surface area contributed by atoms with Crippen molar-refractivity contribution in [3.63, 3.8) is 0 Å². The Labute approximate surface area is 93.9 Å². The number of nitrogens with two attached hydrogens (primary N) is 1. The van der Waals surface area contributed by atoms with Crippen molar-refractivity contribution >= 4 is 11.9 Å². The van der Waals surface area contributed by atoms with E-state index in [4.69, 9.17) is 15.6 Å². The summed E-state index contributed by atoms with van der Waals surface area (Å²) in [5.74, 6) is -1.26. The predicted molar refractivity (Wildman–Crippen MR) is 55.5 cm³/mol. The zero-order valence-corrected chi connectivity index (χ0v) is 9.27. The molecule has 4 N–H and O–H groups in total. The molecule has 0 spiro atoms. The van der Waals surface area contributed by atoms with E-state index in [1.807, 2.05) is 0 Å². The first-order valence-electron chi connectivity index (χ1n) is 4.97. The molecule has 1 amide bonds. The van der Waals surface area contributed by atoms with Crippen LogP contribution in [0.5, 0.6) is 0 Å². The van der Waals surface area contributed by atoms with Gasteiger partial charge in [0.15, 0.2) is 6.61 Å². The van der Waals surface area contributed by atoms with Crippen molar-refractivity contribution in [2.75, 3.05) is 32.9 Å². The molecule has 0 aliphatic rings. The van der Waals surface area contributed by atoms with Crippen LogP contribution in [0.3, 0.4) is 0 Å². The summed E-state index contributed by atoms with van der Waals surface area (Å²) in [7, 11) is 0. The molecule has 0 fully saturated rings. The molecule has 0 aromatic carbocycles. The molecule has 0 rings (SSSR count). The summed E-state index contributed by atoms with van der Waals surface area (Å²) in [5, 5.41) is 11.2. The summed E-state index contributed by atoms with van der Waals surface area (Å²) in [4.78, 5) is 21.8. The quantitative estimate of drug-likeness (QED) is 0.331. The van der Waals surface area contributed by atoms with E-state index in [0.29, 0.717) is 26.3 Å². The molecule has 7 nitrogen and oxygen atoms in total. The fourth-order valence-corrected chi connectivity index (χ4v) is 0.756. The lowest BCUT2D eigenvalue weighted by molar-refractivity contribution is -0.156. The summed E-state index contributed by atoms with van der Waals surface area (Å²) in [6.45, 7) is 2.41. The summed E-state index contributed by atoms with van der Waals surface area (Å²) in [6.07, 6.45) is -1.22. The average Bonchev–Trinajstić information content (AvgIpc) is 2.25. The highest BCUT2D eigenvalue weighted by Gasteiger charge is 2.11. The molecule has 0 aromatic heterocycles. The molecule has 0 aliphatic heterocycles. The molecule has 0 saturated carbocycles. The number of nitrogens with one attached hydrogen (secondary N) is 1. The highest BCUT2D eigenvalue weighted by atomic mass is 16.5. The van der Waals surface area contributed by atoms with Gasteiger partial charge in [-0.15, -0.1) is 0 Å². The number of ether oxygens (including phenoxy) is 2. The molecule has 0 radical (unpaired) electrons. The van der Waals surface area contributed by atoms with Crippen molar-refractivity contribution in [2.45, 2.75) is 13.0 Å². The number of carbonyl (C=O) groups is 2. The molecule has 0 bridgehead atoms. The van der Waals surface area contributed by atoms with Gasteiger partial charge in [0.25, 0.3) is 5.91 Å². The van der Waals surface area contributed by atoms with Crippen molar-refractivity contribution < 1.29 is 24.2 Å². The van der Waals surface area contributed by atoms with Gasteiger partial charge >= 0.3 is 5.97 Å². The summed E-state index contributed by atoms with van der Waals surface area (Å²) in [6, 6.07) is 0. The van der Waals surface area contributed by atoms with Gasteiger partial charge < -0.3 is 25.6 Å². The SMILES string of the molecule is CC(O)C(=O)OCC(=O)NCCOCCN. The number of amides is 1. The maximum Gasteiger partial charge on any atom is 0.335 e. The van der Waals surface area contributed by atoms with Crippen LogP contribution in [0.25, 0.3) is 0 Å². The zero-order chi connectivity index (χ0) is 12.4. The molecule has 0 saturated heterocycles. The fourth-order valence-electron chi connectivity index (χ4n) is 0.756. The normalized spacial score (nSPS) is 11.9. The third kappa shape index (κ3) is 8.16. The second kappa shape index (κ2) is 9.08. The molecule has 1 unspecified atom stereocenters. The zero-order valence-electron chi connectivity index (χ0n) is 9.27. The monoisotopic (exact) mass is 234 g/mol. The summed E-state index contributed by atoms with van der Waals surface area (Å²) >= 11 is 0. The van der Waals surface area contributed by atoms with Gasteiger partial charge in [0.05, 0.1) is 13.2 Å². The third-order valence-electron chi connectivity index (χ3n) is 1.52. The van der Waals surface area contributed by atoms with Crippen LogP contribution in [0.1, 0.15) is 6.92 Å². The van der Waals surface area contributed by atoms with Gasteiger partial charge in [-0.1, -0.05) is 0 Å². The summed E-state index contributed by atoms with van der Waals surface area (Å²) in [5.41, 5.74) is 5.19. The Morgan fingerprint density at radius 2 is 2.12 bits per heavy atom. The minimum absolute atomic E-state index is 0.324. The van der Waals surface area contributed by atoms with Crippen LogP contribution >= 0.6 is 0 Å². The van der Waals surface area contributed by atoms with Crippen LogP contribution in [0.4, 0.5) is 0 Å². The topological polar surface area (TPSA) is 111 Å². The van der Waals surface area contributed by atoms with E-state index in [9.17, 15) is 9.59 Å². The average molecular weight is 234 g/mol. The molecule has 0 aliphatic carbocycles. The minimum atomic E-state index is -1.22. The Hall–Kier alpha value is -1.18. The van der Waals surface area contributed by atoms with Crippen molar-refractivity contribution in [1.29, 1.82) is 0 Å². The highest BCUT2D eigenvalue weighted by Crippen LogP contribution is 1.86. The Bertz CT molecular complexity index is 220. The first-order valence-corrected chi connectivity index (χ1v) is 4.97. The molecular formula is C9H18N2O5. The van der Waals surface area contributed by atoms with Crippen molar-refractivity contribution in [2.24, 2.45) is 5.73 Å². The fraction of sp³-hybridized carbons (Fsp3) is 0.778. The summed E-state index contributed by atoms with van der Waals surface area (Å²) < 4.78 is 9.49. The lowest BCUT2D eigenvalue weighted by Gasteiger charge is -2.07. The largest absolute Gasteiger partial charge is 0.454 e. The Balaban J connectivity index is 3.41. The third-order valence-corrected chi connectivity index (χ3v) is 1.52. The maximum absolute atomic E-state index is 11.1. The van der Waals surface area contributed by atoms with Gasteiger partial charge in [-0.25, -0.2) is 4.79 Å². The number of carbonyl (C=O) groups excluding carboxylic acids is 2. The van der Waals surface area contributed by atoms with E-state index >= 15 is 0 Å². The molecular weight excluding hydrogens is 216 g/mol. The van der Waals surface area contributed by atoms with Crippen LogP contribution in [0.2, 0.25) is 0 Å². The van der Waals surface area contributed by atoms with Crippen molar-refractivity contribution in [3.8, 4) is 0 Å². The molecule has 1 atom stereocenters. The van der Waals surface area contributed by atoms with Gasteiger partial charge in [0.2, 0.25) is 0 Å². The molecule has 16 heavy (non-hydrogen) atoms. The standard InChI is InChI=1S/C9H18N2O5/c1-7(12)9(14)16-6-8(13)11-3-5-15-4-2-10/h7,12H,2-6,10H2,1H3,(H,11,13). The number of hydrogen-bond donors (Lipinski definition) is 3. The first-order chi connectivity index (χ1) is 7.57. The van der Waals surface area contributed by atoms with Gasteiger partial charge in [0, 0.05) is 13.1 Å². The van der Waals surface area contributed by atoms with Crippen molar-refractivity contribution in [3.05, 3.63) is 0 Å². The Morgan fingerprint density at radius 1 is 1.44 bits per heavy atom. The highest BCUT2D eigenvalue weighted by molar-refractivity contribution is 5.81. The van der Waals surface area contributed by atoms with E-state index in [0.717, 1.165) is 0 Å². The molecule has 0 aromatic rings. The Morgan fingerprint density at radius 3 is 2.69 bits per heavy atom. The number of esters is 1. The smallest absolute Gasteiger partial charge is 0.335 e. The van der Waals surface area contributed by atoms with Gasteiger partial charge in [-0.2, -0.15) is 0 Å². The van der Waals surface area contributed by atoms with Crippen LogP contribution in [-0.2, 0) is 19.1 Å². The van der Waals surface area contributed by atoms with Crippen LogP contribution in [0.15, 0.2) is 0 Å². The lowest BCUT2D eigenvalue weighted by atomic mass is 10.4. The first kappa shape index (κ1) is 14.8.